The molecule has 2 N–H and O–H groups in total. The first-order chi connectivity index (χ1) is 13.7. The maximum atomic E-state index is 13.4. The number of benzene rings is 1. The van der Waals surface area contributed by atoms with Crippen molar-refractivity contribution in [3.05, 3.63) is 35.9 Å². The van der Waals surface area contributed by atoms with Gasteiger partial charge in [-0.3, -0.25) is 4.90 Å². The number of amides is 2. The molecule has 5 heteroatoms. The van der Waals surface area contributed by atoms with E-state index >= 15 is 0 Å². The number of carbonyl (C=O) groups is 1. The highest BCUT2D eigenvalue weighted by Gasteiger charge is 2.55. The van der Waals surface area contributed by atoms with Crippen molar-refractivity contribution in [1.29, 1.82) is 0 Å². The average Bonchev–Trinajstić information content (AvgIpc) is 3.45. The van der Waals surface area contributed by atoms with E-state index in [9.17, 15) is 4.79 Å². The molecule has 0 bridgehead atoms. The van der Waals surface area contributed by atoms with Gasteiger partial charge in [0.05, 0.1) is 5.54 Å². The summed E-state index contributed by atoms with van der Waals surface area (Å²) in [6.45, 7) is 6.43. The first kappa shape index (κ1) is 20.7. The molecule has 1 heterocycles. The molecule has 4 rings (SSSR count). The minimum absolute atomic E-state index is 0.0286. The predicted molar refractivity (Wildman–Crippen MR) is 118 cm³/mol. The van der Waals surface area contributed by atoms with Crippen molar-refractivity contribution in [1.82, 2.24) is 14.7 Å². The van der Waals surface area contributed by atoms with Crippen LogP contribution in [0.25, 0.3) is 0 Å². The number of nitrogens with zero attached hydrogens (tertiary/aromatic N) is 3. The normalized spacial score (nSPS) is 30.6. The van der Waals surface area contributed by atoms with Gasteiger partial charge in [-0.05, 0) is 77.9 Å². The van der Waals surface area contributed by atoms with Gasteiger partial charge in [-0.1, -0.05) is 30.3 Å². The predicted octanol–water partition coefficient (Wildman–Crippen LogP) is 3.64. The maximum Gasteiger partial charge on any atom is 0.320 e. The molecule has 5 nitrogen and oxygen atoms in total. The van der Waals surface area contributed by atoms with Gasteiger partial charge in [-0.15, -0.1) is 0 Å². The van der Waals surface area contributed by atoms with Crippen LogP contribution >= 0.6 is 0 Å². The van der Waals surface area contributed by atoms with Gasteiger partial charge in [0.1, 0.15) is 0 Å². The second-order valence-corrected chi connectivity index (χ2v) is 10.7. The van der Waals surface area contributed by atoms with Gasteiger partial charge in [0, 0.05) is 30.7 Å². The molecule has 0 aromatic heterocycles. The van der Waals surface area contributed by atoms with Crippen LogP contribution in [0.4, 0.5) is 4.79 Å². The molecule has 160 valence electrons. The smallest absolute Gasteiger partial charge is 0.320 e. The topological polar surface area (TPSA) is 52.8 Å². The van der Waals surface area contributed by atoms with Gasteiger partial charge < -0.3 is 15.5 Å². The fraction of sp³-hybridized carbons (Fsp3) is 0.708. The summed E-state index contributed by atoms with van der Waals surface area (Å²) in [7, 11) is 4.41. The van der Waals surface area contributed by atoms with Gasteiger partial charge in [0.25, 0.3) is 0 Å². The highest BCUT2D eigenvalue weighted by Crippen LogP contribution is 2.50. The largest absolute Gasteiger partial charge is 0.324 e. The maximum absolute atomic E-state index is 13.4. The minimum Gasteiger partial charge on any atom is -0.324 e. The van der Waals surface area contributed by atoms with Crippen LogP contribution in [0.1, 0.15) is 57.9 Å². The van der Waals surface area contributed by atoms with Crippen molar-refractivity contribution in [2.45, 2.75) is 69.0 Å². The molecular formula is C24H38N4O. The summed E-state index contributed by atoms with van der Waals surface area (Å²) in [6.07, 6.45) is 6.82. The van der Waals surface area contributed by atoms with E-state index in [1.54, 1.807) is 0 Å². The van der Waals surface area contributed by atoms with Crippen LogP contribution in [0.5, 0.6) is 0 Å². The number of hydrogen-bond donors (Lipinski definition) is 1. The van der Waals surface area contributed by atoms with Crippen molar-refractivity contribution in [3.8, 4) is 0 Å². The Bertz CT molecular complexity index is 727. The molecule has 2 amide bonds. The molecular weight excluding hydrogens is 360 g/mol. The lowest BCUT2D eigenvalue weighted by molar-refractivity contribution is 0.0231. The molecule has 0 atom stereocenters. The van der Waals surface area contributed by atoms with Crippen molar-refractivity contribution in [3.63, 3.8) is 0 Å². The van der Waals surface area contributed by atoms with E-state index in [2.05, 4.69) is 54.2 Å². The Balaban J connectivity index is 1.59. The molecule has 1 saturated heterocycles. The molecule has 29 heavy (non-hydrogen) atoms. The lowest BCUT2D eigenvalue weighted by Crippen LogP contribution is -2.55. The van der Waals surface area contributed by atoms with E-state index in [1.807, 2.05) is 18.7 Å². The van der Waals surface area contributed by atoms with Crippen LogP contribution in [0.15, 0.2) is 30.3 Å². The lowest BCUT2D eigenvalue weighted by Gasteiger charge is -2.51. The van der Waals surface area contributed by atoms with Crippen molar-refractivity contribution in [2.24, 2.45) is 11.7 Å². The fourth-order valence-electron chi connectivity index (χ4n) is 5.63. The van der Waals surface area contributed by atoms with Gasteiger partial charge >= 0.3 is 6.03 Å². The third kappa shape index (κ3) is 3.91. The summed E-state index contributed by atoms with van der Waals surface area (Å²) in [4.78, 5) is 20.1. The number of carbonyl (C=O) groups excluding carboxylic acids is 1. The SMILES string of the molecule is CN(C)[C@]1(c2ccccc2)CC[C@@]2(CC1)CN(CC(C)(C)N)C(=O)N2CC1CC1. The van der Waals surface area contributed by atoms with Crippen LogP contribution in [0.3, 0.4) is 0 Å². The third-order valence-electron chi connectivity index (χ3n) is 7.47. The van der Waals surface area contributed by atoms with Gasteiger partial charge in [0.2, 0.25) is 0 Å². The molecule has 1 aromatic carbocycles. The van der Waals surface area contributed by atoms with Gasteiger partial charge in [-0.2, -0.15) is 0 Å². The molecule has 0 radical (unpaired) electrons. The number of hydrogen-bond acceptors (Lipinski definition) is 3. The Hall–Kier alpha value is -1.59. The molecule has 2 saturated carbocycles. The zero-order valence-corrected chi connectivity index (χ0v) is 18.7. The van der Waals surface area contributed by atoms with E-state index in [0.29, 0.717) is 12.5 Å². The van der Waals surface area contributed by atoms with E-state index in [1.165, 1.54) is 18.4 Å². The zero-order chi connectivity index (χ0) is 20.9. The Morgan fingerprint density at radius 2 is 1.72 bits per heavy atom. The van der Waals surface area contributed by atoms with E-state index in [-0.39, 0.29) is 22.6 Å². The lowest BCUT2D eigenvalue weighted by atomic mass is 9.68. The zero-order valence-electron chi connectivity index (χ0n) is 18.7. The summed E-state index contributed by atoms with van der Waals surface area (Å²) in [5.74, 6) is 0.705. The summed E-state index contributed by atoms with van der Waals surface area (Å²) in [5.41, 5.74) is 7.36. The summed E-state index contributed by atoms with van der Waals surface area (Å²) >= 11 is 0. The van der Waals surface area contributed by atoms with Gasteiger partial charge in [-0.25, -0.2) is 4.79 Å². The van der Waals surface area contributed by atoms with Crippen molar-refractivity contribution < 1.29 is 4.79 Å². The number of nitrogens with two attached hydrogens (primary N) is 1. The highest BCUT2D eigenvalue weighted by molar-refractivity contribution is 5.78. The third-order valence-corrected chi connectivity index (χ3v) is 7.47. The Labute approximate surface area is 176 Å². The molecule has 1 spiro atoms. The second kappa shape index (κ2) is 7.28. The van der Waals surface area contributed by atoms with Crippen LogP contribution in [-0.4, -0.2) is 65.5 Å². The number of rotatable bonds is 6. The van der Waals surface area contributed by atoms with E-state index in [4.69, 9.17) is 5.73 Å². The molecule has 1 aliphatic heterocycles. The first-order valence-corrected chi connectivity index (χ1v) is 11.2. The summed E-state index contributed by atoms with van der Waals surface area (Å²) in [6, 6.07) is 11.1. The van der Waals surface area contributed by atoms with Crippen molar-refractivity contribution >= 4 is 6.03 Å². The Kier molecular flexibility index (Phi) is 5.19. The van der Waals surface area contributed by atoms with Crippen molar-refractivity contribution in [2.75, 3.05) is 33.7 Å². The molecule has 1 aromatic rings. The monoisotopic (exact) mass is 398 g/mol. The fourth-order valence-corrected chi connectivity index (χ4v) is 5.63. The van der Waals surface area contributed by atoms with E-state index < -0.39 is 0 Å². The molecule has 2 aliphatic carbocycles. The second-order valence-electron chi connectivity index (χ2n) is 10.7. The highest BCUT2D eigenvalue weighted by atomic mass is 16.2. The van der Waals surface area contributed by atoms with Gasteiger partial charge in [0.15, 0.2) is 0 Å². The van der Waals surface area contributed by atoms with E-state index in [0.717, 1.165) is 38.8 Å². The molecule has 0 unspecified atom stereocenters. The Morgan fingerprint density at radius 3 is 2.24 bits per heavy atom. The van der Waals surface area contributed by atoms with Crippen LogP contribution in [-0.2, 0) is 5.54 Å². The molecule has 3 aliphatic rings. The standard InChI is InChI=1S/C24H38N4O/c1-22(2,25)17-27-18-23(28(21(27)29)16-19-10-11-19)12-14-24(15-13-23,26(3)4)20-8-6-5-7-9-20/h5-9,19H,10-18,25H2,1-4H3/t23-,24-. The van der Waals surface area contributed by atoms with Crippen LogP contribution in [0.2, 0.25) is 0 Å². The van der Waals surface area contributed by atoms with Crippen LogP contribution < -0.4 is 5.73 Å². The minimum atomic E-state index is -0.363. The summed E-state index contributed by atoms with van der Waals surface area (Å²) < 4.78 is 0. The number of urea groups is 1. The quantitative estimate of drug-likeness (QED) is 0.796. The first-order valence-electron chi connectivity index (χ1n) is 11.2. The molecule has 3 fully saturated rings. The Morgan fingerprint density at radius 1 is 1.10 bits per heavy atom. The summed E-state index contributed by atoms with van der Waals surface area (Å²) in [5, 5.41) is 0. The van der Waals surface area contributed by atoms with Crippen LogP contribution in [0, 0.1) is 5.92 Å². The average molecular weight is 399 g/mol.